The number of aliphatic hydroxyl groups is 1. The third-order valence-electron chi connectivity index (χ3n) is 17.0. The zero-order valence-electron chi connectivity index (χ0n) is 55.8. The number of thioether (sulfide) groups is 4. The number of anilines is 3. The van der Waals surface area contributed by atoms with Gasteiger partial charge in [-0.15, -0.1) is 47.0 Å². The van der Waals surface area contributed by atoms with Gasteiger partial charge in [0.1, 0.15) is 43.8 Å². The molecular weight excluding hydrogens is 1560 g/mol. The standard InChI is InChI=1S/C22H19N5S2.C20H15N5O.C14H12N4.C8H5F6IO2.C8H9NOS2.C2H3NO/c23-20-16-8-9-22(28-10-11-29-22)19(16)26-21-17(13-25-27(20)21)15-6-7-18(24-12-15)14-4-2-1-3-5-14;21-19-14-7-9-17(26)18(14)24-20-15(11-23-25(19)20)13-6-8-16(22-10-13)12-4-2-1-3-5-12;15-14-12(9-17-18-14)11-6-7-13(16-8-11)10-4-2-1-3-5-10;9-7(10,11)16-15(17-8(12,13)14)6-4-2-1-3-5-6;9-5-6-1-2-8(7(6)10)11-3-4-12-8;3-1-2-4/h1-7,12-13H,8-11,23H2;1-6,8,10-11H,7,9,21H2;1-9H,(H3,15,17,18);1-5H;6H,1-4H2;4H,2H2. The molecule has 542 valence electrons. The SMILES string of the molecule is FC(F)(F)OI(OC(F)(F)F)c1ccccc1.N#CC1CCC2(SCCS2)C1=O.N#CCO.Nc1[nH]ncc1-c1ccc(-c2ccccc2)nc1.Nc1c2c(nc3c(-c4ccc(-c5ccccc5)nc4)cnn13)C(=O)CC2.Nc1c2c(nc3c(-c4ccc(-c5ccccc5)nc4)cnn13)C1(CC2)SCCS1. The molecule has 2 spiro atoms. The van der Waals surface area contributed by atoms with Crippen LogP contribution in [0.3, 0.4) is 0 Å². The summed E-state index contributed by atoms with van der Waals surface area (Å²) < 4.78 is 81.5. The van der Waals surface area contributed by atoms with Gasteiger partial charge in [0.2, 0.25) is 0 Å². The number of aromatic amines is 1. The molecule has 8 aromatic heterocycles. The quantitative estimate of drug-likeness (QED) is 0.0509. The minimum atomic E-state index is -5.16. The number of nitriles is 2. The average molecular weight is 1630 g/mol. The number of aliphatic hydroxyl groups excluding tert-OH is 1. The first-order valence-corrected chi connectivity index (χ1v) is 39.4. The van der Waals surface area contributed by atoms with Gasteiger partial charge >= 0.3 is 99.8 Å². The number of H-pyrrole nitrogens is 1. The van der Waals surface area contributed by atoms with E-state index < -0.39 is 33.4 Å². The first-order valence-electron chi connectivity index (χ1n) is 32.6. The van der Waals surface area contributed by atoms with Crippen molar-refractivity contribution >= 4 is 108 Å². The molecule has 21 nitrogen and oxygen atoms in total. The Balaban J connectivity index is 0.000000126. The second-order valence-electron chi connectivity index (χ2n) is 23.6. The number of Topliss-reactive ketones (excluding diaryl/α,β-unsaturated/α-hetero) is 2. The van der Waals surface area contributed by atoms with Gasteiger partial charge in [-0.25, -0.2) is 9.97 Å². The van der Waals surface area contributed by atoms with E-state index in [9.17, 15) is 35.9 Å². The van der Waals surface area contributed by atoms with Gasteiger partial charge in [-0.3, -0.25) is 29.6 Å². The molecule has 8 N–H and O–H groups in total. The van der Waals surface area contributed by atoms with Crippen LogP contribution >= 0.6 is 67.7 Å². The summed E-state index contributed by atoms with van der Waals surface area (Å²) in [6.07, 6.45) is 5.31. The molecular formula is C74H63F6IN16O5S4. The number of aromatic nitrogens is 11. The maximum atomic E-state index is 12.1. The van der Waals surface area contributed by atoms with Crippen LogP contribution < -0.4 is 17.2 Å². The Hall–Kier alpha value is -9.91. The Bertz CT molecular complexity index is 5110. The van der Waals surface area contributed by atoms with E-state index in [4.69, 9.17) is 37.8 Å². The van der Waals surface area contributed by atoms with Crippen molar-refractivity contribution in [1.29, 1.82) is 10.5 Å². The number of nitrogen functional groups attached to an aromatic ring is 3. The van der Waals surface area contributed by atoms with Gasteiger partial charge in [-0.1, -0.05) is 109 Å². The summed E-state index contributed by atoms with van der Waals surface area (Å²) in [5.41, 5.74) is 35.1. The minimum Gasteiger partial charge on any atom is -0.384 e. The number of hydrogen-bond acceptors (Lipinski definition) is 22. The number of nitrogens with two attached hydrogens (primary N) is 3. The molecule has 5 aliphatic rings. The Kier molecular flexibility index (Phi) is 24.1. The molecule has 32 heteroatoms. The van der Waals surface area contributed by atoms with Crippen molar-refractivity contribution in [3.8, 4) is 79.3 Å². The third-order valence-corrected chi connectivity index (χ3v) is 27.6. The van der Waals surface area contributed by atoms with Crippen molar-refractivity contribution < 1.29 is 47.2 Å². The van der Waals surface area contributed by atoms with Crippen LogP contribution in [0.1, 0.15) is 53.0 Å². The Morgan fingerprint density at radius 1 is 0.547 bits per heavy atom. The zero-order valence-corrected chi connectivity index (χ0v) is 61.2. The van der Waals surface area contributed by atoms with Crippen LogP contribution in [0.2, 0.25) is 0 Å². The fraction of sp³-hybridized carbons (Fsp3) is 0.216. The fourth-order valence-electron chi connectivity index (χ4n) is 12.1. The van der Waals surface area contributed by atoms with Gasteiger partial charge in [0.15, 0.2) is 22.9 Å². The summed E-state index contributed by atoms with van der Waals surface area (Å²) in [6.45, 7) is -0.375. The first kappa shape index (κ1) is 75.8. The van der Waals surface area contributed by atoms with Crippen LogP contribution in [0.5, 0.6) is 0 Å². The Labute approximate surface area is 628 Å². The average Bonchev–Trinajstić information content (AvgIpc) is 1.58. The number of halogens is 7. The zero-order chi connectivity index (χ0) is 74.6. The van der Waals surface area contributed by atoms with E-state index in [0.717, 1.165) is 139 Å². The van der Waals surface area contributed by atoms with Gasteiger partial charge < -0.3 is 22.3 Å². The van der Waals surface area contributed by atoms with Gasteiger partial charge in [-0.05, 0) is 50.3 Å². The predicted octanol–water partition coefficient (Wildman–Crippen LogP) is 15.9. The summed E-state index contributed by atoms with van der Waals surface area (Å²) in [5, 5.41) is 39.1. The van der Waals surface area contributed by atoms with E-state index in [-0.39, 0.29) is 35.8 Å². The van der Waals surface area contributed by atoms with Crippen molar-refractivity contribution in [3.63, 3.8) is 0 Å². The minimum absolute atomic E-state index is 0.0406. The topological polar surface area (TPSA) is 326 Å². The monoisotopic (exact) mass is 1620 g/mol. The molecule has 106 heavy (non-hydrogen) atoms. The van der Waals surface area contributed by atoms with Crippen molar-refractivity contribution in [2.45, 2.75) is 59.4 Å². The van der Waals surface area contributed by atoms with Gasteiger partial charge in [0.05, 0.1) is 53.5 Å². The molecule has 3 aliphatic carbocycles. The van der Waals surface area contributed by atoms with Gasteiger partial charge in [-0.2, -0.15) is 34.9 Å². The van der Waals surface area contributed by atoms with Crippen molar-refractivity contribution in [2.75, 3.05) is 46.8 Å². The molecule has 1 unspecified atom stereocenters. The molecule has 1 saturated carbocycles. The van der Waals surface area contributed by atoms with Crippen LogP contribution in [0, 0.1) is 32.2 Å². The van der Waals surface area contributed by atoms with Crippen LogP contribution in [0.4, 0.5) is 43.8 Å². The van der Waals surface area contributed by atoms with Crippen LogP contribution in [0.15, 0.2) is 195 Å². The smallest absolute Gasteiger partial charge is 0.182 e. The number of alkyl halides is 6. The molecule has 17 rings (SSSR count). The number of benzene rings is 4. The van der Waals surface area contributed by atoms with E-state index in [0.29, 0.717) is 35.8 Å². The van der Waals surface area contributed by atoms with E-state index in [1.165, 1.54) is 41.3 Å². The molecule has 3 fully saturated rings. The summed E-state index contributed by atoms with van der Waals surface area (Å²) in [6, 6.07) is 52.2. The third kappa shape index (κ3) is 17.5. The maximum Gasteiger partial charge on any atom is 0.182 e. The Morgan fingerprint density at radius 3 is 1.41 bits per heavy atom. The summed E-state index contributed by atoms with van der Waals surface area (Å²) in [7, 11) is 0. The fourth-order valence-corrected chi connectivity index (χ4v) is 21.1. The van der Waals surface area contributed by atoms with E-state index in [1.807, 2.05) is 145 Å². The second-order valence-corrected chi connectivity index (χ2v) is 33.1. The summed E-state index contributed by atoms with van der Waals surface area (Å²) in [4.78, 5) is 47.1. The number of pyridine rings is 3. The molecule has 2 aliphatic heterocycles. The number of fused-ring (bicyclic) bond motifs is 5. The molecule has 0 bridgehead atoms. The molecule has 12 aromatic rings. The molecule has 4 aromatic carbocycles. The first-order chi connectivity index (χ1) is 51.2. The van der Waals surface area contributed by atoms with E-state index in [1.54, 1.807) is 51.1 Å². The van der Waals surface area contributed by atoms with Gasteiger partial charge in [0.25, 0.3) is 0 Å². The molecule has 0 amide bonds. The summed E-state index contributed by atoms with van der Waals surface area (Å²) in [5.74, 6) is 6.17. The number of rotatable bonds is 9. The number of carbonyl (C=O) groups excluding carboxylic acids is 2. The van der Waals surface area contributed by atoms with Crippen LogP contribution in [-0.4, -0.2) is 117 Å². The predicted molar refractivity (Wildman–Crippen MR) is 408 cm³/mol. The normalized spacial score (nSPS) is 15.8. The number of nitrogens with zero attached hydrogens (tertiary/aromatic N) is 12. The van der Waals surface area contributed by atoms with Gasteiger partial charge in [0, 0.05) is 109 Å². The van der Waals surface area contributed by atoms with E-state index >= 15 is 0 Å². The number of hydrogen-bond donors (Lipinski definition) is 5. The van der Waals surface area contributed by atoms with Crippen molar-refractivity contribution in [2.24, 2.45) is 5.92 Å². The number of nitrogens with one attached hydrogen (secondary N) is 1. The van der Waals surface area contributed by atoms with Crippen LogP contribution in [-0.2, 0) is 27.8 Å². The van der Waals surface area contributed by atoms with E-state index in [2.05, 4.69) is 76.8 Å². The number of carbonyl (C=O) groups is 2. The molecule has 1 atom stereocenters. The Morgan fingerprint density at radius 2 is 0.991 bits per heavy atom. The largest absolute Gasteiger partial charge is 0.384 e. The molecule has 0 radical (unpaired) electrons. The number of ketones is 2. The maximum absolute atomic E-state index is 12.1. The molecule has 10 heterocycles. The second kappa shape index (κ2) is 33.7. The molecule has 2 saturated heterocycles. The van der Waals surface area contributed by atoms with Crippen LogP contribution in [0.25, 0.3) is 78.4 Å². The van der Waals surface area contributed by atoms with Crippen molar-refractivity contribution in [1.82, 2.24) is 54.3 Å². The summed E-state index contributed by atoms with van der Waals surface area (Å²) >= 11 is 3.24. The van der Waals surface area contributed by atoms with Crippen molar-refractivity contribution in [3.05, 3.63) is 221 Å².